The Labute approximate surface area is 366 Å². The van der Waals surface area contributed by atoms with Gasteiger partial charge in [-0.2, -0.15) is 0 Å². The minimum absolute atomic E-state index is 0.499. The van der Waals surface area contributed by atoms with Crippen LogP contribution >= 0.6 is 0 Å². The topological polar surface area (TPSA) is 19.4 Å². The molecular weight excluding hydrogens is 733 g/mol. The Balaban J connectivity index is 1.33. The lowest BCUT2D eigenvalue weighted by molar-refractivity contribution is 0.0682. The van der Waals surface area contributed by atoms with Crippen molar-refractivity contribution in [2.24, 2.45) is 0 Å². The fourth-order valence-corrected chi connectivity index (χ4v) is 10.4. The molecule has 6 rings (SSSR count). The molecule has 2 aliphatic heterocycles. The quantitative estimate of drug-likeness (QED) is 0.105. The third kappa shape index (κ3) is 13.1. The average molecular weight is 813 g/mol. The summed E-state index contributed by atoms with van der Waals surface area (Å²) in [4.78, 5) is 17.4. The molecule has 0 aromatic heterocycles. The van der Waals surface area contributed by atoms with Crippen molar-refractivity contribution in [2.75, 3.05) is 52.4 Å². The first-order valence-electron chi connectivity index (χ1n) is 24.0. The van der Waals surface area contributed by atoms with E-state index in [0.29, 0.717) is 36.3 Å². The molecule has 0 N–H and O–H groups in total. The van der Waals surface area contributed by atoms with Crippen LogP contribution in [0.25, 0.3) is 0 Å². The summed E-state index contributed by atoms with van der Waals surface area (Å²) in [6, 6.07) is 48.0. The van der Waals surface area contributed by atoms with Gasteiger partial charge in [-0.3, -0.25) is 29.4 Å². The van der Waals surface area contributed by atoms with Gasteiger partial charge in [0.1, 0.15) is 0 Å². The standard InChI is InChI=1S/C54H80N6/c1-7-49-41-57(35-45-25-17-13-18-26-45)53(11-5)43-59(37-47-29-21-15-22-30-47)51(9-3)39-55(49)33-34-56-40-52(10-4)60(38-48-31-23-16-24-32-48)44-54(12-6)58(42-50(56)8-2)36-46-27-19-14-20-28-46/h13-32,49-54H,7-12,33-44H2,1-6H3/t49-,50-,51-,52-,53-,54-/m0/s1. The molecule has 2 saturated heterocycles. The van der Waals surface area contributed by atoms with Crippen LogP contribution in [0.3, 0.4) is 0 Å². The molecule has 4 aromatic carbocycles. The summed E-state index contributed by atoms with van der Waals surface area (Å²) < 4.78 is 0. The van der Waals surface area contributed by atoms with Gasteiger partial charge in [-0.1, -0.05) is 163 Å². The zero-order valence-electron chi connectivity index (χ0n) is 38.4. The van der Waals surface area contributed by atoms with E-state index in [1.807, 2.05) is 0 Å². The molecule has 6 atom stereocenters. The largest absolute Gasteiger partial charge is 0.296 e. The zero-order valence-corrected chi connectivity index (χ0v) is 38.4. The normalized spacial score (nSPS) is 25.2. The molecule has 6 nitrogen and oxygen atoms in total. The summed E-state index contributed by atoms with van der Waals surface area (Å²) in [6.45, 7) is 27.6. The van der Waals surface area contributed by atoms with Crippen LogP contribution in [0.1, 0.15) is 102 Å². The van der Waals surface area contributed by atoms with Gasteiger partial charge in [0.2, 0.25) is 0 Å². The Morgan fingerprint density at radius 2 is 0.467 bits per heavy atom. The minimum Gasteiger partial charge on any atom is -0.296 e. The molecule has 0 aliphatic carbocycles. The highest BCUT2D eigenvalue weighted by Crippen LogP contribution is 2.26. The van der Waals surface area contributed by atoms with Crippen molar-refractivity contribution >= 4 is 0 Å². The van der Waals surface area contributed by atoms with Crippen LogP contribution < -0.4 is 0 Å². The number of nitrogens with zero attached hydrogens (tertiary/aromatic N) is 6. The molecule has 0 bridgehead atoms. The Bertz CT molecular complexity index is 1510. The number of hydrogen-bond acceptors (Lipinski definition) is 6. The van der Waals surface area contributed by atoms with Gasteiger partial charge in [0.25, 0.3) is 0 Å². The van der Waals surface area contributed by atoms with E-state index in [0.717, 1.165) is 104 Å². The van der Waals surface area contributed by atoms with Crippen molar-refractivity contribution in [1.82, 2.24) is 29.4 Å². The number of hydrogen-bond donors (Lipinski definition) is 0. The maximum absolute atomic E-state index is 2.96. The summed E-state index contributed by atoms with van der Waals surface area (Å²) in [6.07, 6.45) is 6.98. The maximum Gasteiger partial charge on any atom is 0.0237 e. The van der Waals surface area contributed by atoms with E-state index in [-0.39, 0.29) is 0 Å². The zero-order chi connectivity index (χ0) is 42.1. The molecule has 0 unspecified atom stereocenters. The van der Waals surface area contributed by atoms with Gasteiger partial charge >= 0.3 is 0 Å². The molecule has 6 heteroatoms. The van der Waals surface area contributed by atoms with Crippen LogP contribution in [-0.4, -0.2) is 118 Å². The summed E-state index contributed by atoms with van der Waals surface area (Å²) in [7, 11) is 0. The second kappa shape index (κ2) is 24.3. The highest BCUT2D eigenvalue weighted by molar-refractivity contribution is 5.18. The van der Waals surface area contributed by atoms with Crippen molar-refractivity contribution in [3.63, 3.8) is 0 Å². The summed E-state index contributed by atoms with van der Waals surface area (Å²) >= 11 is 0. The molecule has 2 fully saturated rings. The Morgan fingerprint density at radius 1 is 0.283 bits per heavy atom. The molecule has 4 aromatic rings. The lowest BCUT2D eigenvalue weighted by atomic mass is 10.1. The van der Waals surface area contributed by atoms with Gasteiger partial charge in [0.05, 0.1) is 0 Å². The van der Waals surface area contributed by atoms with Crippen molar-refractivity contribution < 1.29 is 0 Å². The fraction of sp³-hybridized carbons (Fsp3) is 0.556. The van der Waals surface area contributed by atoms with Crippen LogP contribution in [0.4, 0.5) is 0 Å². The predicted molar refractivity (Wildman–Crippen MR) is 255 cm³/mol. The second-order valence-corrected chi connectivity index (χ2v) is 18.0. The highest BCUT2D eigenvalue weighted by Gasteiger charge is 2.35. The first-order valence-corrected chi connectivity index (χ1v) is 24.0. The smallest absolute Gasteiger partial charge is 0.0237 e. The summed E-state index contributed by atoms with van der Waals surface area (Å²) in [5.41, 5.74) is 5.71. The van der Waals surface area contributed by atoms with Crippen LogP contribution in [0.2, 0.25) is 0 Å². The van der Waals surface area contributed by atoms with E-state index in [4.69, 9.17) is 0 Å². The van der Waals surface area contributed by atoms with Gasteiger partial charge in [0.15, 0.2) is 0 Å². The molecule has 0 spiro atoms. The van der Waals surface area contributed by atoms with Gasteiger partial charge in [0, 0.05) is 115 Å². The second-order valence-electron chi connectivity index (χ2n) is 18.0. The number of benzene rings is 4. The minimum atomic E-state index is 0.499. The van der Waals surface area contributed by atoms with Gasteiger partial charge in [-0.05, 0) is 60.8 Å². The molecule has 0 saturated carbocycles. The van der Waals surface area contributed by atoms with E-state index in [9.17, 15) is 0 Å². The third-order valence-corrected chi connectivity index (χ3v) is 14.2. The van der Waals surface area contributed by atoms with Crippen molar-refractivity contribution in [1.29, 1.82) is 0 Å². The van der Waals surface area contributed by atoms with E-state index in [1.54, 1.807) is 0 Å². The van der Waals surface area contributed by atoms with Gasteiger partial charge in [-0.15, -0.1) is 0 Å². The van der Waals surface area contributed by atoms with Crippen LogP contribution in [0, 0.1) is 0 Å². The number of rotatable bonds is 17. The Kier molecular flexibility index (Phi) is 18.7. The summed E-state index contributed by atoms with van der Waals surface area (Å²) in [5, 5.41) is 0. The van der Waals surface area contributed by atoms with Crippen molar-refractivity contribution in [3.05, 3.63) is 144 Å². The van der Waals surface area contributed by atoms with Crippen molar-refractivity contribution in [3.8, 4) is 0 Å². The Morgan fingerprint density at radius 3 is 0.667 bits per heavy atom. The van der Waals surface area contributed by atoms with Crippen LogP contribution in [0.5, 0.6) is 0 Å². The molecule has 326 valence electrons. The van der Waals surface area contributed by atoms with Crippen LogP contribution in [0.15, 0.2) is 121 Å². The van der Waals surface area contributed by atoms with E-state index < -0.39 is 0 Å². The van der Waals surface area contributed by atoms with E-state index in [1.165, 1.54) is 35.1 Å². The predicted octanol–water partition coefficient (Wildman–Crippen LogP) is 10.3. The lowest BCUT2D eigenvalue weighted by Crippen LogP contribution is -2.53. The monoisotopic (exact) mass is 813 g/mol. The third-order valence-electron chi connectivity index (χ3n) is 14.2. The van der Waals surface area contributed by atoms with Crippen LogP contribution in [-0.2, 0) is 26.2 Å². The molecule has 60 heavy (non-hydrogen) atoms. The SMILES string of the molecule is CC[C@H]1CN(Cc2ccccc2)[C@@H](CC)CN(Cc2ccccc2)[C@@H](CC)CN1CCN1C[C@H](CC)N(Cc2ccccc2)C[C@H](CC)N(Cc2ccccc2)C[C@@H]1CC. The van der Waals surface area contributed by atoms with E-state index >= 15 is 0 Å². The molecule has 0 amide bonds. The van der Waals surface area contributed by atoms with Crippen molar-refractivity contribution in [2.45, 2.75) is 142 Å². The lowest BCUT2D eigenvalue weighted by Gasteiger charge is -2.41. The van der Waals surface area contributed by atoms with Gasteiger partial charge < -0.3 is 0 Å². The molecule has 2 heterocycles. The molecule has 2 aliphatic rings. The first kappa shape index (κ1) is 46.2. The maximum atomic E-state index is 2.96. The molecular formula is C54H80N6. The van der Waals surface area contributed by atoms with E-state index in [2.05, 4.69) is 192 Å². The van der Waals surface area contributed by atoms with Gasteiger partial charge in [-0.25, -0.2) is 0 Å². The fourth-order valence-electron chi connectivity index (χ4n) is 10.4. The molecule has 0 radical (unpaired) electrons. The first-order chi connectivity index (χ1) is 29.4. The summed E-state index contributed by atoms with van der Waals surface area (Å²) in [5.74, 6) is 0. The Hall–Kier alpha value is -3.36. The highest BCUT2D eigenvalue weighted by atomic mass is 15.3. The average Bonchev–Trinajstić information content (AvgIpc) is 3.38.